The van der Waals surface area contributed by atoms with Gasteiger partial charge < -0.3 is 10.6 Å². The average molecular weight is 235 g/mol. The molecule has 1 aromatic rings. The third kappa shape index (κ3) is 4.35. The smallest absolute Gasteiger partial charge is 0.131 e. The predicted octanol–water partition coefficient (Wildman–Crippen LogP) is 3.02. The predicted molar refractivity (Wildman–Crippen MR) is 74.4 cm³/mol. The van der Waals surface area contributed by atoms with Gasteiger partial charge in [-0.2, -0.15) is 0 Å². The maximum absolute atomic E-state index is 4.60. The molecule has 0 atom stereocenters. The Balaban J connectivity index is 2.98. The molecule has 2 N–H and O–H groups in total. The number of hydrogen-bond acceptors (Lipinski definition) is 3. The number of hydrogen-bond donors (Lipinski definition) is 2. The fraction of sp³-hybridized carbons (Fsp3) is 0.643. The van der Waals surface area contributed by atoms with E-state index in [1.165, 1.54) is 11.1 Å². The number of nitrogens with one attached hydrogen (secondary N) is 2. The molecule has 96 valence electrons. The molecule has 0 saturated heterocycles. The highest BCUT2D eigenvalue weighted by Gasteiger charge is 2.10. The standard InChI is InChI=1S/C14H25N3/c1-9(2)15-8-13-11(5)7-12(6)17-14(13)16-10(3)4/h7,9-10,15H,8H2,1-6H3,(H,16,17). The number of nitrogens with zero attached hydrogens (tertiary/aromatic N) is 1. The first-order valence-electron chi connectivity index (χ1n) is 6.37. The van der Waals surface area contributed by atoms with E-state index in [1.807, 2.05) is 6.92 Å². The minimum Gasteiger partial charge on any atom is -0.368 e. The van der Waals surface area contributed by atoms with Crippen LogP contribution in [0, 0.1) is 13.8 Å². The normalized spacial score (nSPS) is 11.3. The van der Waals surface area contributed by atoms with Gasteiger partial charge in [-0.25, -0.2) is 4.98 Å². The lowest BCUT2D eigenvalue weighted by Crippen LogP contribution is -2.24. The molecule has 0 unspecified atom stereocenters. The zero-order valence-corrected chi connectivity index (χ0v) is 11.9. The van der Waals surface area contributed by atoms with Crippen LogP contribution in [0.5, 0.6) is 0 Å². The van der Waals surface area contributed by atoms with Crippen LogP contribution in [-0.2, 0) is 6.54 Å². The maximum atomic E-state index is 4.60. The summed E-state index contributed by atoms with van der Waals surface area (Å²) >= 11 is 0. The van der Waals surface area contributed by atoms with Crippen LogP contribution in [0.4, 0.5) is 5.82 Å². The molecular weight excluding hydrogens is 210 g/mol. The summed E-state index contributed by atoms with van der Waals surface area (Å²) in [5.41, 5.74) is 3.64. The Morgan fingerprint density at radius 2 is 1.76 bits per heavy atom. The van der Waals surface area contributed by atoms with Gasteiger partial charge in [0.15, 0.2) is 0 Å². The highest BCUT2D eigenvalue weighted by Crippen LogP contribution is 2.19. The number of aryl methyl sites for hydroxylation is 2. The van der Waals surface area contributed by atoms with Crippen LogP contribution in [0.15, 0.2) is 6.07 Å². The van der Waals surface area contributed by atoms with Crippen molar-refractivity contribution in [2.24, 2.45) is 0 Å². The lowest BCUT2D eigenvalue weighted by atomic mass is 10.1. The van der Waals surface area contributed by atoms with Crippen molar-refractivity contribution in [1.29, 1.82) is 0 Å². The van der Waals surface area contributed by atoms with E-state index in [1.54, 1.807) is 0 Å². The van der Waals surface area contributed by atoms with Crippen LogP contribution < -0.4 is 10.6 Å². The fourth-order valence-electron chi connectivity index (χ4n) is 1.79. The zero-order chi connectivity index (χ0) is 13.0. The zero-order valence-electron chi connectivity index (χ0n) is 11.9. The minimum absolute atomic E-state index is 0.404. The molecule has 17 heavy (non-hydrogen) atoms. The monoisotopic (exact) mass is 235 g/mol. The second kappa shape index (κ2) is 6.01. The van der Waals surface area contributed by atoms with Gasteiger partial charge in [0, 0.05) is 29.9 Å². The van der Waals surface area contributed by atoms with Crippen molar-refractivity contribution in [3.8, 4) is 0 Å². The molecule has 0 amide bonds. The molecule has 0 saturated carbocycles. The summed E-state index contributed by atoms with van der Waals surface area (Å²) in [6.07, 6.45) is 0. The van der Waals surface area contributed by atoms with Gasteiger partial charge in [-0.15, -0.1) is 0 Å². The molecule has 0 radical (unpaired) electrons. The van der Waals surface area contributed by atoms with E-state index in [0.29, 0.717) is 12.1 Å². The molecule has 3 heteroatoms. The van der Waals surface area contributed by atoms with Gasteiger partial charge in [0.2, 0.25) is 0 Å². The van der Waals surface area contributed by atoms with Crippen molar-refractivity contribution in [2.75, 3.05) is 5.32 Å². The molecule has 3 nitrogen and oxygen atoms in total. The van der Waals surface area contributed by atoms with Crippen LogP contribution in [-0.4, -0.2) is 17.1 Å². The summed E-state index contributed by atoms with van der Waals surface area (Å²) in [7, 11) is 0. The molecule has 0 fully saturated rings. The first-order chi connectivity index (χ1) is 7.90. The number of aromatic nitrogens is 1. The fourth-order valence-corrected chi connectivity index (χ4v) is 1.79. The first kappa shape index (κ1) is 14.0. The third-order valence-electron chi connectivity index (χ3n) is 2.59. The quantitative estimate of drug-likeness (QED) is 0.823. The molecule has 1 aromatic heterocycles. The summed E-state index contributed by atoms with van der Waals surface area (Å²) in [6.45, 7) is 13.7. The minimum atomic E-state index is 0.404. The van der Waals surface area contributed by atoms with E-state index < -0.39 is 0 Å². The van der Waals surface area contributed by atoms with Gasteiger partial charge in [-0.3, -0.25) is 0 Å². The van der Waals surface area contributed by atoms with Crippen molar-refractivity contribution in [1.82, 2.24) is 10.3 Å². The Morgan fingerprint density at radius 1 is 1.12 bits per heavy atom. The SMILES string of the molecule is Cc1cc(C)c(CNC(C)C)c(NC(C)C)n1. The maximum Gasteiger partial charge on any atom is 0.131 e. The Morgan fingerprint density at radius 3 is 2.29 bits per heavy atom. The van der Waals surface area contributed by atoms with Gasteiger partial charge in [-0.05, 0) is 39.3 Å². The van der Waals surface area contributed by atoms with E-state index in [9.17, 15) is 0 Å². The lowest BCUT2D eigenvalue weighted by molar-refractivity contribution is 0.586. The summed E-state index contributed by atoms with van der Waals surface area (Å²) in [6, 6.07) is 3.03. The van der Waals surface area contributed by atoms with Crippen LogP contribution >= 0.6 is 0 Å². The van der Waals surface area contributed by atoms with E-state index in [4.69, 9.17) is 0 Å². The van der Waals surface area contributed by atoms with E-state index in [0.717, 1.165) is 18.1 Å². The van der Waals surface area contributed by atoms with Gasteiger partial charge in [0.1, 0.15) is 5.82 Å². The van der Waals surface area contributed by atoms with Crippen molar-refractivity contribution in [3.05, 3.63) is 22.9 Å². The molecule has 0 spiro atoms. The molecule has 1 rings (SSSR count). The van der Waals surface area contributed by atoms with Crippen molar-refractivity contribution >= 4 is 5.82 Å². The van der Waals surface area contributed by atoms with Crippen molar-refractivity contribution in [3.63, 3.8) is 0 Å². The van der Waals surface area contributed by atoms with Gasteiger partial charge in [0.05, 0.1) is 0 Å². The van der Waals surface area contributed by atoms with E-state index >= 15 is 0 Å². The van der Waals surface area contributed by atoms with Gasteiger partial charge in [-0.1, -0.05) is 13.8 Å². The van der Waals surface area contributed by atoms with E-state index in [2.05, 4.69) is 56.3 Å². The Bertz CT molecular complexity index is 370. The average Bonchev–Trinajstić information content (AvgIpc) is 2.14. The van der Waals surface area contributed by atoms with Crippen molar-refractivity contribution < 1.29 is 0 Å². The van der Waals surface area contributed by atoms with Crippen LogP contribution in [0.1, 0.15) is 44.5 Å². The highest BCUT2D eigenvalue weighted by molar-refractivity contribution is 5.49. The molecule has 0 aliphatic rings. The number of rotatable bonds is 5. The van der Waals surface area contributed by atoms with Crippen LogP contribution in [0.2, 0.25) is 0 Å². The second-order valence-electron chi connectivity index (χ2n) is 5.24. The number of anilines is 1. The molecular formula is C14H25N3. The Labute approximate surface area is 105 Å². The van der Waals surface area contributed by atoms with Crippen LogP contribution in [0.3, 0.4) is 0 Å². The molecule has 0 bridgehead atoms. The Kier molecular flexibility index (Phi) is 4.94. The van der Waals surface area contributed by atoms with Gasteiger partial charge >= 0.3 is 0 Å². The van der Waals surface area contributed by atoms with Crippen LogP contribution in [0.25, 0.3) is 0 Å². The summed E-state index contributed by atoms with van der Waals surface area (Å²) < 4.78 is 0. The molecule has 1 heterocycles. The molecule has 0 aliphatic heterocycles. The topological polar surface area (TPSA) is 37.0 Å². The summed E-state index contributed by atoms with van der Waals surface area (Å²) in [4.78, 5) is 4.60. The Hall–Kier alpha value is -1.09. The number of pyridine rings is 1. The third-order valence-corrected chi connectivity index (χ3v) is 2.59. The van der Waals surface area contributed by atoms with Crippen molar-refractivity contribution in [2.45, 2.75) is 60.2 Å². The first-order valence-corrected chi connectivity index (χ1v) is 6.37. The van der Waals surface area contributed by atoms with E-state index in [-0.39, 0.29) is 0 Å². The largest absolute Gasteiger partial charge is 0.368 e. The lowest BCUT2D eigenvalue weighted by Gasteiger charge is -2.18. The summed E-state index contributed by atoms with van der Waals surface area (Å²) in [5.74, 6) is 1.02. The molecule has 0 aromatic carbocycles. The summed E-state index contributed by atoms with van der Waals surface area (Å²) in [5, 5.41) is 6.88. The molecule has 0 aliphatic carbocycles. The highest BCUT2D eigenvalue weighted by atomic mass is 15.0. The van der Waals surface area contributed by atoms with Gasteiger partial charge in [0.25, 0.3) is 0 Å². The second-order valence-corrected chi connectivity index (χ2v) is 5.24.